The molecule has 1 atom stereocenters. The molecule has 1 unspecified atom stereocenters. The van der Waals surface area contributed by atoms with Crippen molar-refractivity contribution in [1.29, 1.82) is 0 Å². The molecule has 0 aromatic heterocycles. The van der Waals surface area contributed by atoms with E-state index in [0.717, 1.165) is 5.56 Å². The fourth-order valence-corrected chi connectivity index (χ4v) is 1.69. The normalized spacial score (nSPS) is 11.8. The molecule has 1 amide bonds. The molecule has 0 aliphatic rings. The van der Waals surface area contributed by atoms with Crippen LogP contribution in [0.5, 0.6) is 11.5 Å². The summed E-state index contributed by atoms with van der Waals surface area (Å²) < 4.78 is 10.3. The van der Waals surface area contributed by atoms with E-state index in [0.29, 0.717) is 18.0 Å². The number of methoxy groups -OCH3 is 2. The number of amides is 1. The van der Waals surface area contributed by atoms with Gasteiger partial charge in [0.1, 0.15) is 6.10 Å². The third-order valence-electron chi connectivity index (χ3n) is 2.75. The van der Waals surface area contributed by atoms with Gasteiger partial charge in [-0.2, -0.15) is 0 Å². The minimum atomic E-state index is -1.16. The van der Waals surface area contributed by atoms with Crippen LogP contribution in [0.25, 0.3) is 0 Å². The van der Waals surface area contributed by atoms with Crippen molar-refractivity contribution in [3.05, 3.63) is 23.8 Å². The molecule has 106 valence electrons. The van der Waals surface area contributed by atoms with Crippen molar-refractivity contribution in [1.82, 2.24) is 4.90 Å². The van der Waals surface area contributed by atoms with E-state index in [4.69, 9.17) is 15.2 Å². The van der Waals surface area contributed by atoms with Crippen LogP contribution < -0.4 is 15.2 Å². The highest BCUT2D eigenvalue weighted by atomic mass is 16.5. The molecule has 1 aromatic carbocycles. The van der Waals surface area contributed by atoms with Crippen molar-refractivity contribution in [2.45, 2.75) is 12.6 Å². The number of nitrogens with two attached hydrogens (primary N) is 1. The van der Waals surface area contributed by atoms with Gasteiger partial charge >= 0.3 is 0 Å². The molecule has 0 fully saturated rings. The first-order valence-corrected chi connectivity index (χ1v) is 5.87. The number of carbonyl (C=O) groups is 1. The Morgan fingerprint density at radius 2 is 2.00 bits per heavy atom. The van der Waals surface area contributed by atoms with Crippen molar-refractivity contribution in [3.8, 4) is 11.5 Å². The zero-order chi connectivity index (χ0) is 14.4. The average molecular weight is 268 g/mol. The smallest absolute Gasteiger partial charge is 0.252 e. The molecule has 0 spiro atoms. The molecule has 1 aromatic rings. The second kappa shape index (κ2) is 6.96. The Balaban J connectivity index is 2.79. The zero-order valence-corrected chi connectivity index (χ0v) is 11.4. The van der Waals surface area contributed by atoms with Crippen molar-refractivity contribution in [2.24, 2.45) is 5.73 Å². The summed E-state index contributed by atoms with van der Waals surface area (Å²) in [5.41, 5.74) is 6.13. The summed E-state index contributed by atoms with van der Waals surface area (Å²) in [6.07, 6.45) is -1.16. The van der Waals surface area contributed by atoms with Crippen molar-refractivity contribution in [3.63, 3.8) is 0 Å². The van der Waals surface area contributed by atoms with Gasteiger partial charge in [-0.3, -0.25) is 4.79 Å². The molecule has 6 heteroatoms. The summed E-state index contributed by atoms with van der Waals surface area (Å²) in [6, 6.07) is 5.39. The van der Waals surface area contributed by atoms with Crippen LogP contribution in [0.4, 0.5) is 0 Å². The minimum absolute atomic E-state index is 0.0882. The maximum atomic E-state index is 11.7. The third kappa shape index (κ3) is 3.84. The number of ether oxygens (including phenoxy) is 2. The molecule has 0 aliphatic heterocycles. The molecule has 6 nitrogen and oxygen atoms in total. The molecule has 3 N–H and O–H groups in total. The lowest BCUT2D eigenvalue weighted by molar-refractivity contribution is -0.138. The highest BCUT2D eigenvalue weighted by Crippen LogP contribution is 2.27. The van der Waals surface area contributed by atoms with Crippen molar-refractivity contribution < 1.29 is 19.4 Å². The van der Waals surface area contributed by atoms with Crippen LogP contribution in [0, 0.1) is 0 Å². The van der Waals surface area contributed by atoms with Gasteiger partial charge in [-0.15, -0.1) is 0 Å². The molecule has 0 radical (unpaired) electrons. The summed E-state index contributed by atoms with van der Waals surface area (Å²) in [6.45, 7) is 0.269. The number of rotatable bonds is 6. The topological polar surface area (TPSA) is 85.0 Å². The number of carbonyl (C=O) groups excluding carboxylic acids is 1. The monoisotopic (exact) mass is 268 g/mol. The van der Waals surface area contributed by atoms with E-state index in [1.54, 1.807) is 33.4 Å². The first-order chi connectivity index (χ1) is 9.03. The standard InChI is InChI=1S/C13H20N2O4/c1-15(13(17)10(16)7-14)8-9-4-5-11(18-2)12(6-9)19-3/h4-6,10,16H,7-8,14H2,1-3H3. The lowest BCUT2D eigenvalue weighted by Gasteiger charge is -2.20. The molecule has 0 bridgehead atoms. The van der Waals surface area contributed by atoms with E-state index in [1.807, 2.05) is 6.07 Å². The summed E-state index contributed by atoms with van der Waals surface area (Å²) >= 11 is 0. The largest absolute Gasteiger partial charge is 0.493 e. The molecule has 0 aliphatic carbocycles. The van der Waals surface area contributed by atoms with E-state index < -0.39 is 12.0 Å². The van der Waals surface area contributed by atoms with Gasteiger partial charge in [0.15, 0.2) is 11.5 Å². The van der Waals surface area contributed by atoms with Crippen LogP contribution in [0.15, 0.2) is 18.2 Å². The van der Waals surface area contributed by atoms with Crippen LogP contribution in [0.2, 0.25) is 0 Å². The van der Waals surface area contributed by atoms with Gasteiger partial charge in [-0.05, 0) is 17.7 Å². The second-order valence-corrected chi connectivity index (χ2v) is 4.14. The zero-order valence-electron chi connectivity index (χ0n) is 11.4. The summed E-state index contributed by atoms with van der Waals surface area (Å²) in [5.74, 6) is 0.819. The summed E-state index contributed by atoms with van der Waals surface area (Å²) in [4.78, 5) is 13.1. The predicted octanol–water partition coefficient (Wildman–Crippen LogP) is -0.0182. The van der Waals surface area contributed by atoms with Crippen molar-refractivity contribution in [2.75, 3.05) is 27.8 Å². The molecular weight excluding hydrogens is 248 g/mol. The highest BCUT2D eigenvalue weighted by Gasteiger charge is 2.18. The van der Waals surface area contributed by atoms with Gasteiger partial charge in [0, 0.05) is 20.1 Å². The van der Waals surface area contributed by atoms with Gasteiger partial charge in [0.2, 0.25) is 0 Å². The fraction of sp³-hybridized carbons (Fsp3) is 0.462. The Bertz CT molecular complexity index is 437. The van der Waals surface area contributed by atoms with E-state index in [1.165, 1.54) is 4.90 Å². The summed E-state index contributed by atoms with van der Waals surface area (Å²) in [7, 11) is 4.72. The number of benzene rings is 1. The number of likely N-dealkylation sites (N-methyl/N-ethyl adjacent to an activating group) is 1. The number of hydrogen-bond donors (Lipinski definition) is 2. The number of aliphatic hydroxyl groups is 1. The predicted molar refractivity (Wildman–Crippen MR) is 71.1 cm³/mol. The van der Waals surface area contributed by atoms with Crippen LogP contribution >= 0.6 is 0 Å². The molecule has 19 heavy (non-hydrogen) atoms. The SMILES string of the molecule is COc1ccc(CN(C)C(=O)C(O)CN)cc1OC. The van der Waals surface area contributed by atoms with Crippen LogP contribution in [-0.4, -0.2) is 49.8 Å². The maximum Gasteiger partial charge on any atom is 0.252 e. The number of hydrogen-bond acceptors (Lipinski definition) is 5. The first kappa shape index (κ1) is 15.3. The third-order valence-corrected chi connectivity index (χ3v) is 2.75. The van der Waals surface area contributed by atoms with E-state index in [2.05, 4.69) is 0 Å². The van der Waals surface area contributed by atoms with Crippen LogP contribution in [0.3, 0.4) is 0 Å². The molecular formula is C13H20N2O4. The Hall–Kier alpha value is -1.79. The average Bonchev–Trinajstić information content (AvgIpc) is 2.45. The molecule has 0 heterocycles. The van der Waals surface area contributed by atoms with Gasteiger partial charge in [0.05, 0.1) is 14.2 Å². The molecule has 0 saturated carbocycles. The molecule has 1 rings (SSSR count). The first-order valence-electron chi connectivity index (χ1n) is 5.87. The van der Waals surface area contributed by atoms with Gasteiger partial charge < -0.3 is 25.2 Å². The summed E-state index contributed by atoms with van der Waals surface area (Å²) in [5, 5.41) is 9.40. The fourth-order valence-electron chi connectivity index (χ4n) is 1.69. The second-order valence-electron chi connectivity index (χ2n) is 4.14. The Morgan fingerprint density at radius 1 is 1.37 bits per heavy atom. The van der Waals surface area contributed by atoms with E-state index >= 15 is 0 Å². The van der Waals surface area contributed by atoms with Gasteiger partial charge in [-0.1, -0.05) is 6.07 Å². The quantitative estimate of drug-likeness (QED) is 0.757. The Morgan fingerprint density at radius 3 is 2.53 bits per heavy atom. The highest BCUT2D eigenvalue weighted by molar-refractivity contribution is 5.80. The van der Waals surface area contributed by atoms with E-state index in [-0.39, 0.29) is 6.54 Å². The van der Waals surface area contributed by atoms with E-state index in [9.17, 15) is 9.90 Å². The Labute approximate surface area is 112 Å². The Kier molecular flexibility index (Phi) is 5.59. The lowest BCUT2D eigenvalue weighted by Crippen LogP contribution is -2.40. The van der Waals surface area contributed by atoms with Gasteiger partial charge in [0.25, 0.3) is 5.91 Å². The maximum absolute atomic E-state index is 11.7. The van der Waals surface area contributed by atoms with Crippen LogP contribution in [-0.2, 0) is 11.3 Å². The van der Waals surface area contributed by atoms with Crippen LogP contribution in [0.1, 0.15) is 5.56 Å². The van der Waals surface area contributed by atoms with Gasteiger partial charge in [-0.25, -0.2) is 0 Å². The number of aliphatic hydroxyl groups excluding tert-OH is 1. The molecule has 0 saturated heterocycles. The lowest BCUT2D eigenvalue weighted by atomic mass is 10.2. The number of nitrogens with zero attached hydrogens (tertiary/aromatic N) is 1. The van der Waals surface area contributed by atoms with Crippen molar-refractivity contribution >= 4 is 5.91 Å². The minimum Gasteiger partial charge on any atom is -0.493 e.